The van der Waals surface area contributed by atoms with Crippen molar-refractivity contribution in [2.24, 2.45) is 0 Å². The molecular formula is C27H23N3O2. The fraction of sp³-hybridized carbons (Fsp3) is 0.148. The fourth-order valence-corrected chi connectivity index (χ4v) is 4.20. The molecule has 0 fully saturated rings. The van der Waals surface area contributed by atoms with Gasteiger partial charge in [0.1, 0.15) is 0 Å². The first kappa shape index (κ1) is 19.9. The summed E-state index contributed by atoms with van der Waals surface area (Å²) in [7, 11) is 0. The van der Waals surface area contributed by atoms with E-state index in [1.54, 1.807) is 24.3 Å². The van der Waals surface area contributed by atoms with Crippen LogP contribution in [0.1, 0.15) is 37.5 Å². The van der Waals surface area contributed by atoms with Gasteiger partial charge in [-0.05, 0) is 73.9 Å². The number of nitrogens with one attached hydrogen (secondary N) is 1. The van der Waals surface area contributed by atoms with Gasteiger partial charge in [-0.15, -0.1) is 0 Å². The van der Waals surface area contributed by atoms with Crippen LogP contribution in [-0.4, -0.2) is 23.3 Å². The Labute approximate surface area is 186 Å². The monoisotopic (exact) mass is 421 g/mol. The van der Waals surface area contributed by atoms with E-state index in [1.807, 2.05) is 61.2 Å². The SMILES string of the molecule is Cc1ccc2cc(C(=O)Nc3ccc(C(=O)N4CCc5ccccc54)cc3)c(C)nc2c1. The smallest absolute Gasteiger partial charge is 0.258 e. The van der Waals surface area contributed by atoms with Crippen LogP contribution in [0.5, 0.6) is 0 Å². The summed E-state index contributed by atoms with van der Waals surface area (Å²) in [5.41, 5.74) is 6.63. The number of hydrogen-bond acceptors (Lipinski definition) is 3. The second kappa shape index (κ2) is 7.93. The largest absolute Gasteiger partial charge is 0.322 e. The van der Waals surface area contributed by atoms with E-state index < -0.39 is 0 Å². The summed E-state index contributed by atoms with van der Waals surface area (Å²) < 4.78 is 0. The Morgan fingerprint density at radius 1 is 0.938 bits per heavy atom. The Morgan fingerprint density at radius 2 is 1.72 bits per heavy atom. The molecular weight excluding hydrogens is 398 g/mol. The molecule has 5 nitrogen and oxygen atoms in total. The molecule has 2 heterocycles. The van der Waals surface area contributed by atoms with Crippen molar-refractivity contribution in [3.63, 3.8) is 0 Å². The molecule has 0 unspecified atom stereocenters. The average molecular weight is 422 g/mol. The molecule has 1 N–H and O–H groups in total. The molecule has 2 amide bonds. The van der Waals surface area contributed by atoms with Crippen LogP contribution in [0.15, 0.2) is 72.8 Å². The van der Waals surface area contributed by atoms with Crippen LogP contribution >= 0.6 is 0 Å². The highest BCUT2D eigenvalue weighted by molar-refractivity contribution is 6.09. The van der Waals surface area contributed by atoms with Gasteiger partial charge in [-0.1, -0.05) is 30.3 Å². The summed E-state index contributed by atoms with van der Waals surface area (Å²) in [4.78, 5) is 32.3. The summed E-state index contributed by atoms with van der Waals surface area (Å²) in [6.45, 7) is 4.55. The first-order chi connectivity index (χ1) is 15.5. The molecule has 5 heteroatoms. The number of para-hydroxylation sites is 1. The Hall–Kier alpha value is -3.99. The molecule has 0 atom stereocenters. The Bertz CT molecular complexity index is 1360. The van der Waals surface area contributed by atoms with Gasteiger partial charge in [0, 0.05) is 28.9 Å². The predicted molar refractivity (Wildman–Crippen MR) is 127 cm³/mol. The van der Waals surface area contributed by atoms with E-state index in [2.05, 4.69) is 16.4 Å². The average Bonchev–Trinajstić information content (AvgIpc) is 3.22. The number of hydrogen-bond donors (Lipinski definition) is 1. The van der Waals surface area contributed by atoms with E-state index in [9.17, 15) is 9.59 Å². The van der Waals surface area contributed by atoms with Crippen LogP contribution in [-0.2, 0) is 6.42 Å². The summed E-state index contributed by atoms with van der Waals surface area (Å²) >= 11 is 0. The minimum atomic E-state index is -0.218. The van der Waals surface area contributed by atoms with E-state index in [0.717, 1.165) is 28.6 Å². The highest BCUT2D eigenvalue weighted by atomic mass is 16.2. The number of benzene rings is 3. The number of nitrogens with zero attached hydrogens (tertiary/aromatic N) is 2. The van der Waals surface area contributed by atoms with Crippen molar-refractivity contribution in [2.45, 2.75) is 20.3 Å². The molecule has 1 aromatic heterocycles. The molecule has 32 heavy (non-hydrogen) atoms. The number of carbonyl (C=O) groups excluding carboxylic acids is 2. The molecule has 1 aliphatic rings. The maximum absolute atomic E-state index is 13.0. The third kappa shape index (κ3) is 3.62. The lowest BCUT2D eigenvalue weighted by Gasteiger charge is -2.17. The van der Waals surface area contributed by atoms with Gasteiger partial charge in [-0.25, -0.2) is 0 Å². The number of aromatic nitrogens is 1. The minimum absolute atomic E-state index is 0.0299. The number of anilines is 2. The maximum Gasteiger partial charge on any atom is 0.258 e. The van der Waals surface area contributed by atoms with E-state index in [1.165, 1.54) is 5.56 Å². The molecule has 0 saturated carbocycles. The Kier molecular flexibility index (Phi) is 4.94. The second-order valence-corrected chi connectivity index (χ2v) is 8.18. The topological polar surface area (TPSA) is 62.3 Å². The van der Waals surface area contributed by atoms with Gasteiger partial charge in [-0.3, -0.25) is 14.6 Å². The standard InChI is InChI=1S/C27H23N3O2/c1-17-7-8-21-16-23(18(2)28-24(21)15-17)26(31)29-22-11-9-20(10-12-22)27(32)30-14-13-19-5-3-4-6-25(19)30/h3-12,15-16H,13-14H2,1-2H3,(H,29,31). The highest BCUT2D eigenvalue weighted by Crippen LogP contribution is 2.29. The zero-order chi connectivity index (χ0) is 22.2. The van der Waals surface area contributed by atoms with E-state index in [0.29, 0.717) is 29.1 Å². The van der Waals surface area contributed by atoms with Crippen molar-refractivity contribution in [2.75, 3.05) is 16.8 Å². The molecule has 0 aliphatic carbocycles. The van der Waals surface area contributed by atoms with Gasteiger partial charge >= 0.3 is 0 Å². The number of aryl methyl sites for hydroxylation is 2. The van der Waals surface area contributed by atoms with Crippen molar-refractivity contribution in [3.05, 3.63) is 101 Å². The second-order valence-electron chi connectivity index (χ2n) is 8.18. The lowest BCUT2D eigenvalue weighted by molar-refractivity contribution is 0.0988. The first-order valence-corrected chi connectivity index (χ1v) is 10.7. The van der Waals surface area contributed by atoms with Gasteiger partial charge in [0.05, 0.1) is 16.8 Å². The molecule has 1 aliphatic heterocycles. The third-order valence-corrected chi connectivity index (χ3v) is 5.93. The number of carbonyl (C=O) groups is 2. The van der Waals surface area contributed by atoms with Crippen molar-refractivity contribution >= 4 is 34.1 Å². The molecule has 0 radical (unpaired) electrons. The Morgan fingerprint density at radius 3 is 2.53 bits per heavy atom. The molecule has 0 saturated heterocycles. The van der Waals surface area contributed by atoms with Crippen LogP contribution in [0.4, 0.5) is 11.4 Å². The van der Waals surface area contributed by atoms with Crippen LogP contribution in [0.3, 0.4) is 0 Å². The predicted octanol–water partition coefficient (Wildman–Crippen LogP) is 5.31. The first-order valence-electron chi connectivity index (χ1n) is 10.7. The van der Waals surface area contributed by atoms with Crippen LogP contribution in [0.2, 0.25) is 0 Å². The number of pyridine rings is 1. The van der Waals surface area contributed by atoms with Crippen molar-refractivity contribution in [1.29, 1.82) is 0 Å². The molecule has 3 aromatic carbocycles. The van der Waals surface area contributed by atoms with E-state index >= 15 is 0 Å². The van der Waals surface area contributed by atoms with Crippen molar-refractivity contribution < 1.29 is 9.59 Å². The van der Waals surface area contributed by atoms with Gasteiger partial charge < -0.3 is 10.2 Å². The van der Waals surface area contributed by atoms with Crippen molar-refractivity contribution in [3.8, 4) is 0 Å². The zero-order valence-electron chi connectivity index (χ0n) is 18.1. The fourth-order valence-electron chi connectivity index (χ4n) is 4.20. The van der Waals surface area contributed by atoms with E-state index in [-0.39, 0.29) is 11.8 Å². The van der Waals surface area contributed by atoms with Crippen molar-refractivity contribution in [1.82, 2.24) is 4.98 Å². The highest BCUT2D eigenvalue weighted by Gasteiger charge is 2.25. The molecule has 158 valence electrons. The minimum Gasteiger partial charge on any atom is -0.322 e. The summed E-state index contributed by atoms with van der Waals surface area (Å²) in [5.74, 6) is -0.247. The number of amides is 2. The Balaban J connectivity index is 1.33. The summed E-state index contributed by atoms with van der Waals surface area (Å²) in [6, 6.07) is 22.9. The molecule has 0 bridgehead atoms. The van der Waals surface area contributed by atoms with Gasteiger partial charge in [0.15, 0.2) is 0 Å². The normalized spacial score (nSPS) is 12.6. The molecule has 0 spiro atoms. The van der Waals surface area contributed by atoms with Crippen LogP contribution in [0.25, 0.3) is 10.9 Å². The quantitative estimate of drug-likeness (QED) is 0.488. The number of rotatable bonds is 3. The maximum atomic E-state index is 13.0. The lowest BCUT2D eigenvalue weighted by Crippen LogP contribution is -2.28. The molecule has 5 rings (SSSR count). The van der Waals surface area contributed by atoms with E-state index in [4.69, 9.17) is 0 Å². The third-order valence-electron chi connectivity index (χ3n) is 5.93. The lowest BCUT2D eigenvalue weighted by atomic mass is 10.1. The number of fused-ring (bicyclic) bond motifs is 2. The zero-order valence-corrected chi connectivity index (χ0v) is 18.1. The van der Waals surface area contributed by atoms with Crippen LogP contribution < -0.4 is 10.2 Å². The van der Waals surface area contributed by atoms with Gasteiger partial charge in [-0.2, -0.15) is 0 Å². The summed E-state index contributed by atoms with van der Waals surface area (Å²) in [6.07, 6.45) is 0.870. The van der Waals surface area contributed by atoms with Gasteiger partial charge in [0.25, 0.3) is 11.8 Å². The molecule has 4 aromatic rings. The summed E-state index contributed by atoms with van der Waals surface area (Å²) in [5, 5.41) is 3.85. The van der Waals surface area contributed by atoms with Gasteiger partial charge in [0.2, 0.25) is 0 Å². The van der Waals surface area contributed by atoms with Crippen LogP contribution in [0, 0.1) is 13.8 Å².